The molecule has 0 saturated carbocycles. The van der Waals surface area contributed by atoms with Crippen LogP contribution >= 0.6 is 0 Å². The smallest absolute Gasteiger partial charge is 0.299 e. The van der Waals surface area contributed by atoms with Crippen LogP contribution in [-0.2, 0) is 6.54 Å². The van der Waals surface area contributed by atoms with Gasteiger partial charge >= 0.3 is 0 Å². The summed E-state index contributed by atoms with van der Waals surface area (Å²) in [5.41, 5.74) is -0.662. The minimum Gasteiger partial charge on any atom is -0.375 e. The van der Waals surface area contributed by atoms with E-state index in [9.17, 15) is 29.0 Å². The Morgan fingerprint density at radius 3 is 2.14 bits per heavy atom. The SMILES string of the molecule is O=[N+]([O-])c1ccc(NCc2cc(F)cc(F)c2)c([N+](=O)[O-])c1. The van der Waals surface area contributed by atoms with Crippen molar-refractivity contribution in [2.24, 2.45) is 0 Å². The van der Waals surface area contributed by atoms with Crippen molar-refractivity contribution < 1.29 is 18.6 Å². The molecular formula is C13H9F2N3O4. The van der Waals surface area contributed by atoms with Crippen molar-refractivity contribution in [2.75, 3.05) is 5.32 Å². The molecule has 0 bridgehead atoms. The van der Waals surface area contributed by atoms with E-state index in [4.69, 9.17) is 0 Å². The summed E-state index contributed by atoms with van der Waals surface area (Å²) in [4.78, 5) is 20.0. The van der Waals surface area contributed by atoms with Gasteiger partial charge in [0.05, 0.1) is 15.9 Å². The second kappa shape index (κ2) is 6.12. The van der Waals surface area contributed by atoms with Crippen LogP contribution < -0.4 is 5.32 Å². The average Bonchev–Trinajstić information content (AvgIpc) is 2.43. The first-order chi connectivity index (χ1) is 10.4. The molecule has 9 heteroatoms. The van der Waals surface area contributed by atoms with E-state index in [0.717, 1.165) is 24.3 Å². The number of nitro groups is 2. The molecule has 22 heavy (non-hydrogen) atoms. The van der Waals surface area contributed by atoms with Gasteiger partial charge in [-0.3, -0.25) is 20.2 Å². The van der Waals surface area contributed by atoms with Gasteiger partial charge in [0.15, 0.2) is 0 Å². The van der Waals surface area contributed by atoms with Gasteiger partial charge in [-0.1, -0.05) is 0 Å². The Kier molecular flexibility index (Phi) is 4.25. The highest BCUT2D eigenvalue weighted by molar-refractivity contribution is 5.65. The van der Waals surface area contributed by atoms with E-state index in [2.05, 4.69) is 5.32 Å². The second-order valence-corrected chi connectivity index (χ2v) is 4.35. The number of nitrogens with zero attached hydrogens (tertiary/aromatic N) is 2. The van der Waals surface area contributed by atoms with Crippen LogP contribution in [0.15, 0.2) is 36.4 Å². The van der Waals surface area contributed by atoms with Gasteiger partial charge in [0.1, 0.15) is 17.3 Å². The largest absolute Gasteiger partial charge is 0.375 e. The van der Waals surface area contributed by atoms with Crippen LogP contribution in [0.4, 0.5) is 25.8 Å². The molecule has 7 nitrogen and oxygen atoms in total. The Hall–Kier alpha value is -3.10. The van der Waals surface area contributed by atoms with Crippen LogP contribution in [-0.4, -0.2) is 9.85 Å². The fourth-order valence-corrected chi connectivity index (χ4v) is 1.84. The first-order valence-electron chi connectivity index (χ1n) is 5.98. The molecule has 0 saturated heterocycles. The fraction of sp³-hybridized carbons (Fsp3) is 0.0769. The van der Waals surface area contributed by atoms with Gasteiger partial charge in [-0.05, 0) is 23.8 Å². The maximum absolute atomic E-state index is 13.1. The van der Waals surface area contributed by atoms with Gasteiger partial charge < -0.3 is 5.32 Å². The first-order valence-corrected chi connectivity index (χ1v) is 5.98. The number of nitro benzene ring substituents is 2. The first kappa shape index (κ1) is 15.3. The van der Waals surface area contributed by atoms with Gasteiger partial charge in [0.25, 0.3) is 11.4 Å². The molecule has 2 rings (SSSR count). The number of halogens is 2. The number of non-ortho nitro benzene ring substituents is 1. The van der Waals surface area contributed by atoms with E-state index in [1.165, 1.54) is 6.07 Å². The van der Waals surface area contributed by atoms with Crippen molar-refractivity contribution in [3.8, 4) is 0 Å². The molecule has 0 radical (unpaired) electrons. The Bertz CT molecular complexity index is 732. The number of nitrogens with one attached hydrogen (secondary N) is 1. The van der Waals surface area contributed by atoms with Crippen molar-refractivity contribution >= 4 is 17.1 Å². The van der Waals surface area contributed by atoms with Crippen LogP contribution in [0, 0.1) is 31.9 Å². The topological polar surface area (TPSA) is 98.3 Å². The standard InChI is InChI=1S/C13H9F2N3O4/c14-9-3-8(4-10(15)5-9)7-16-12-2-1-11(17(19)20)6-13(12)18(21)22/h1-6,16H,7H2. The monoisotopic (exact) mass is 309 g/mol. The summed E-state index contributed by atoms with van der Waals surface area (Å²) in [6, 6.07) is 5.94. The maximum atomic E-state index is 13.1. The lowest BCUT2D eigenvalue weighted by Crippen LogP contribution is -2.04. The van der Waals surface area contributed by atoms with Gasteiger partial charge in [0, 0.05) is 18.7 Å². The van der Waals surface area contributed by atoms with Gasteiger partial charge in [0.2, 0.25) is 0 Å². The van der Waals surface area contributed by atoms with Crippen LogP contribution in [0.3, 0.4) is 0 Å². The van der Waals surface area contributed by atoms with Gasteiger partial charge in [-0.15, -0.1) is 0 Å². The predicted octanol–water partition coefficient (Wildman–Crippen LogP) is 3.39. The Labute approximate surface area is 122 Å². The summed E-state index contributed by atoms with van der Waals surface area (Å²) in [5, 5.41) is 24.2. The summed E-state index contributed by atoms with van der Waals surface area (Å²) in [7, 11) is 0. The van der Waals surface area contributed by atoms with Crippen LogP contribution in [0.25, 0.3) is 0 Å². The van der Waals surface area contributed by atoms with Crippen molar-refractivity contribution in [3.63, 3.8) is 0 Å². The Morgan fingerprint density at radius 2 is 1.59 bits per heavy atom. The summed E-state index contributed by atoms with van der Waals surface area (Å²) in [6.07, 6.45) is 0. The zero-order chi connectivity index (χ0) is 16.3. The van der Waals surface area contributed by atoms with E-state index in [-0.39, 0.29) is 17.8 Å². The summed E-state index contributed by atoms with van der Waals surface area (Å²) >= 11 is 0. The molecule has 1 N–H and O–H groups in total. The van der Waals surface area contributed by atoms with Crippen LogP contribution in [0.5, 0.6) is 0 Å². The summed E-state index contributed by atoms with van der Waals surface area (Å²) in [6.45, 7) is -0.0761. The highest BCUT2D eigenvalue weighted by atomic mass is 19.1. The highest BCUT2D eigenvalue weighted by Crippen LogP contribution is 2.29. The molecule has 114 valence electrons. The molecule has 0 aliphatic rings. The molecule has 2 aromatic rings. The number of rotatable bonds is 5. The molecular weight excluding hydrogens is 300 g/mol. The molecule has 0 amide bonds. The lowest BCUT2D eigenvalue weighted by molar-refractivity contribution is -0.393. The van der Waals surface area contributed by atoms with Crippen molar-refractivity contribution in [1.29, 1.82) is 0 Å². The normalized spacial score (nSPS) is 10.3. The van der Waals surface area contributed by atoms with E-state index in [0.29, 0.717) is 6.07 Å². The molecule has 0 spiro atoms. The molecule has 0 unspecified atom stereocenters. The third-order valence-corrected chi connectivity index (χ3v) is 2.79. The molecule has 0 aliphatic carbocycles. The number of hydrogen-bond acceptors (Lipinski definition) is 5. The number of hydrogen-bond donors (Lipinski definition) is 1. The van der Waals surface area contributed by atoms with Crippen LogP contribution in [0.2, 0.25) is 0 Å². The minimum absolute atomic E-state index is 0.0141. The van der Waals surface area contributed by atoms with Gasteiger partial charge in [-0.25, -0.2) is 8.78 Å². The van der Waals surface area contributed by atoms with E-state index in [1.54, 1.807) is 0 Å². The van der Waals surface area contributed by atoms with Crippen LogP contribution in [0.1, 0.15) is 5.56 Å². The third kappa shape index (κ3) is 3.51. The molecule has 0 heterocycles. The summed E-state index contributed by atoms with van der Waals surface area (Å²) < 4.78 is 26.1. The van der Waals surface area contributed by atoms with Crippen molar-refractivity contribution in [1.82, 2.24) is 0 Å². The second-order valence-electron chi connectivity index (χ2n) is 4.35. The van der Waals surface area contributed by atoms with Gasteiger partial charge in [-0.2, -0.15) is 0 Å². The highest BCUT2D eigenvalue weighted by Gasteiger charge is 2.19. The third-order valence-electron chi connectivity index (χ3n) is 2.79. The Balaban J connectivity index is 2.25. The molecule has 0 aliphatic heterocycles. The Morgan fingerprint density at radius 1 is 0.955 bits per heavy atom. The average molecular weight is 309 g/mol. The zero-order valence-electron chi connectivity index (χ0n) is 11.0. The fourth-order valence-electron chi connectivity index (χ4n) is 1.84. The van der Waals surface area contributed by atoms with Crippen molar-refractivity contribution in [3.05, 3.63) is 73.8 Å². The van der Waals surface area contributed by atoms with Crippen molar-refractivity contribution in [2.45, 2.75) is 6.54 Å². The molecule has 2 aromatic carbocycles. The number of benzene rings is 2. The van der Waals surface area contributed by atoms with E-state index < -0.39 is 32.9 Å². The lowest BCUT2D eigenvalue weighted by Gasteiger charge is -2.07. The maximum Gasteiger partial charge on any atom is 0.299 e. The minimum atomic E-state index is -0.776. The zero-order valence-corrected chi connectivity index (χ0v) is 11.0. The predicted molar refractivity (Wildman–Crippen MR) is 73.4 cm³/mol. The lowest BCUT2D eigenvalue weighted by atomic mass is 10.2. The number of anilines is 1. The molecule has 0 fully saturated rings. The molecule has 0 aromatic heterocycles. The quantitative estimate of drug-likeness (QED) is 0.674. The van der Waals surface area contributed by atoms with E-state index in [1.807, 2.05) is 0 Å². The van der Waals surface area contributed by atoms with E-state index >= 15 is 0 Å². The molecule has 0 atom stereocenters. The summed E-state index contributed by atoms with van der Waals surface area (Å²) in [5.74, 6) is -1.54.